The minimum atomic E-state index is -0.519. The number of hydrogen-bond acceptors (Lipinski definition) is 3. The van der Waals surface area contributed by atoms with Crippen LogP contribution in [0.5, 0.6) is 5.75 Å². The van der Waals surface area contributed by atoms with Gasteiger partial charge in [0.25, 0.3) is 0 Å². The highest BCUT2D eigenvalue weighted by Gasteiger charge is 2.28. The van der Waals surface area contributed by atoms with Crippen LogP contribution in [0.2, 0.25) is 5.02 Å². The summed E-state index contributed by atoms with van der Waals surface area (Å²) < 4.78 is 5.12. The summed E-state index contributed by atoms with van der Waals surface area (Å²) in [4.78, 5) is 0. The van der Waals surface area contributed by atoms with Crippen molar-refractivity contribution in [3.63, 3.8) is 0 Å². The maximum atomic E-state index is 10.4. The monoisotopic (exact) mass is 283 g/mol. The Morgan fingerprint density at radius 3 is 2.68 bits per heavy atom. The summed E-state index contributed by atoms with van der Waals surface area (Å²) in [5.41, 5.74) is 0.583. The third-order valence-corrected chi connectivity index (χ3v) is 4.08. The van der Waals surface area contributed by atoms with Gasteiger partial charge in [0.15, 0.2) is 0 Å². The van der Waals surface area contributed by atoms with Crippen molar-refractivity contribution in [1.29, 1.82) is 0 Å². The zero-order chi connectivity index (χ0) is 13.7. The third-order valence-electron chi connectivity index (χ3n) is 3.78. The average molecular weight is 284 g/mol. The van der Waals surface area contributed by atoms with Crippen molar-refractivity contribution in [3.05, 3.63) is 28.8 Å². The highest BCUT2D eigenvalue weighted by atomic mass is 35.5. The van der Waals surface area contributed by atoms with Gasteiger partial charge in [0.2, 0.25) is 0 Å². The van der Waals surface area contributed by atoms with Crippen LogP contribution in [0.4, 0.5) is 0 Å². The molecule has 0 aliphatic heterocycles. The Labute approximate surface area is 119 Å². The SMILES string of the molecule is COc1ccc(CNCC2(O)CCCCC2)cc1Cl. The lowest BCUT2D eigenvalue weighted by atomic mass is 9.85. The van der Waals surface area contributed by atoms with Crippen LogP contribution in [0, 0.1) is 0 Å². The van der Waals surface area contributed by atoms with Crippen molar-refractivity contribution in [2.45, 2.75) is 44.2 Å². The van der Waals surface area contributed by atoms with Gasteiger partial charge in [-0.15, -0.1) is 0 Å². The molecule has 0 heterocycles. The molecular formula is C15H22ClNO2. The van der Waals surface area contributed by atoms with Gasteiger partial charge in [-0.2, -0.15) is 0 Å². The number of rotatable bonds is 5. The summed E-state index contributed by atoms with van der Waals surface area (Å²) in [6.45, 7) is 1.36. The number of hydrogen-bond donors (Lipinski definition) is 2. The summed E-state index contributed by atoms with van der Waals surface area (Å²) in [6.07, 6.45) is 5.32. The molecule has 1 aliphatic rings. The van der Waals surface area contributed by atoms with E-state index >= 15 is 0 Å². The number of aliphatic hydroxyl groups is 1. The van der Waals surface area contributed by atoms with E-state index in [-0.39, 0.29) is 0 Å². The summed E-state index contributed by atoms with van der Waals surface area (Å²) in [5, 5.41) is 14.3. The fourth-order valence-electron chi connectivity index (χ4n) is 2.65. The first kappa shape index (κ1) is 14.6. The third kappa shape index (κ3) is 4.10. The smallest absolute Gasteiger partial charge is 0.137 e. The highest BCUT2D eigenvalue weighted by molar-refractivity contribution is 6.32. The molecule has 1 saturated carbocycles. The Bertz CT molecular complexity index is 417. The second kappa shape index (κ2) is 6.60. The first-order valence-corrected chi connectivity index (χ1v) is 7.26. The minimum absolute atomic E-state index is 0.519. The molecule has 0 saturated heterocycles. The zero-order valence-corrected chi connectivity index (χ0v) is 12.2. The molecule has 4 heteroatoms. The molecule has 0 bridgehead atoms. The molecule has 3 nitrogen and oxygen atoms in total. The number of halogens is 1. The standard InChI is InChI=1S/C15H22ClNO2/c1-19-14-6-5-12(9-13(14)16)10-17-11-15(18)7-3-2-4-8-15/h5-6,9,17-18H,2-4,7-8,10-11H2,1H3. The van der Waals surface area contributed by atoms with Gasteiger partial charge in [-0.1, -0.05) is 36.9 Å². The second-order valence-electron chi connectivity index (χ2n) is 5.36. The fraction of sp³-hybridized carbons (Fsp3) is 0.600. The Morgan fingerprint density at radius 2 is 2.05 bits per heavy atom. The number of benzene rings is 1. The van der Waals surface area contributed by atoms with E-state index in [0.717, 1.165) is 31.2 Å². The summed E-state index contributed by atoms with van der Waals surface area (Å²) >= 11 is 6.08. The van der Waals surface area contributed by atoms with Crippen molar-refractivity contribution < 1.29 is 9.84 Å². The number of methoxy groups -OCH3 is 1. The second-order valence-corrected chi connectivity index (χ2v) is 5.76. The molecule has 2 N–H and O–H groups in total. The van der Waals surface area contributed by atoms with Gasteiger partial charge >= 0.3 is 0 Å². The van der Waals surface area contributed by atoms with Crippen molar-refractivity contribution in [3.8, 4) is 5.75 Å². The Morgan fingerprint density at radius 1 is 1.32 bits per heavy atom. The molecule has 1 fully saturated rings. The van der Waals surface area contributed by atoms with Crippen molar-refractivity contribution >= 4 is 11.6 Å². The van der Waals surface area contributed by atoms with E-state index in [1.54, 1.807) is 7.11 Å². The lowest BCUT2D eigenvalue weighted by molar-refractivity contribution is 0.00467. The lowest BCUT2D eigenvalue weighted by Crippen LogP contribution is -2.41. The van der Waals surface area contributed by atoms with Gasteiger partial charge in [0.05, 0.1) is 17.7 Å². The van der Waals surface area contributed by atoms with Crippen LogP contribution in [0.3, 0.4) is 0 Å². The van der Waals surface area contributed by atoms with Crippen LogP contribution in [0.1, 0.15) is 37.7 Å². The van der Waals surface area contributed by atoms with E-state index in [4.69, 9.17) is 16.3 Å². The molecule has 1 aromatic rings. The maximum absolute atomic E-state index is 10.4. The molecule has 1 aliphatic carbocycles. The van der Waals surface area contributed by atoms with E-state index in [1.165, 1.54) is 6.42 Å². The molecule has 0 spiro atoms. The van der Waals surface area contributed by atoms with Gasteiger partial charge in [0.1, 0.15) is 5.75 Å². The Kier molecular flexibility index (Phi) is 5.08. The molecule has 2 rings (SSSR count). The maximum Gasteiger partial charge on any atom is 0.137 e. The van der Waals surface area contributed by atoms with Crippen molar-refractivity contribution in [2.75, 3.05) is 13.7 Å². The summed E-state index contributed by atoms with van der Waals surface area (Å²) in [5.74, 6) is 0.691. The Balaban J connectivity index is 1.83. The van der Waals surface area contributed by atoms with E-state index in [9.17, 15) is 5.11 Å². The van der Waals surface area contributed by atoms with Crippen LogP contribution in [0.25, 0.3) is 0 Å². The predicted octanol–water partition coefficient (Wildman–Crippen LogP) is 3.13. The van der Waals surface area contributed by atoms with Crippen molar-refractivity contribution in [2.24, 2.45) is 0 Å². The molecule has 1 aromatic carbocycles. The van der Waals surface area contributed by atoms with Crippen LogP contribution in [-0.2, 0) is 6.54 Å². The Hall–Kier alpha value is -0.770. The first-order chi connectivity index (χ1) is 9.13. The summed E-state index contributed by atoms with van der Waals surface area (Å²) in [6, 6.07) is 5.76. The van der Waals surface area contributed by atoms with Gasteiger partial charge < -0.3 is 15.2 Å². The van der Waals surface area contributed by atoms with Gasteiger partial charge in [-0.05, 0) is 30.5 Å². The normalized spacial score (nSPS) is 18.3. The van der Waals surface area contributed by atoms with Gasteiger partial charge in [-0.3, -0.25) is 0 Å². The molecule has 0 radical (unpaired) electrons. The lowest BCUT2D eigenvalue weighted by Gasteiger charge is -2.32. The van der Waals surface area contributed by atoms with E-state index in [1.807, 2.05) is 18.2 Å². The molecule has 106 valence electrons. The van der Waals surface area contributed by atoms with Crippen LogP contribution in [-0.4, -0.2) is 24.4 Å². The molecule has 0 aromatic heterocycles. The molecule has 0 unspecified atom stereocenters. The average Bonchev–Trinajstić information content (AvgIpc) is 2.39. The minimum Gasteiger partial charge on any atom is -0.495 e. The van der Waals surface area contributed by atoms with Crippen LogP contribution in [0.15, 0.2) is 18.2 Å². The first-order valence-electron chi connectivity index (χ1n) is 6.88. The molecule has 19 heavy (non-hydrogen) atoms. The van der Waals surface area contributed by atoms with E-state index in [0.29, 0.717) is 23.9 Å². The van der Waals surface area contributed by atoms with Gasteiger partial charge in [0, 0.05) is 13.1 Å². The fourth-order valence-corrected chi connectivity index (χ4v) is 2.93. The largest absolute Gasteiger partial charge is 0.495 e. The predicted molar refractivity (Wildman–Crippen MR) is 77.7 cm³/mol. The van der Waals surface area contributed by atoms with E-state index in [2.05, 4.69) is 5.32 Å². The topological polar surface area (TPSA) is 41.5 Å². The molecule has 0 atom stereocenters. The number of nitrogens with one attached hydrogen (secondary N) is 1. The quantitative estimate of drug-likeness (QED) is 0.872. The van der Waals surface area contributed by atoms with E-state index < -0.39 is 5.60 Å². The van der Waals surface area contributed by atoms with Crippen LogP contribution < -0.4 is 10.1 Å². The highest BCUT2D eigenvalue weighted by Crippen LogP contribution is 2.28. The molecule has 0 amide bonds. The molecular weight excluding hydrogens is 262 g/mol. The zero-order valence-electron chi connectivity index (χ0n) is 11.4. The van der Waals surface area contributed by atoms with Crippen LogP contribution >= 0.6 is 11.6 Å². The van der Waals surface area contributed by atoms with Crippen molar-refractivity contribution in [1.82, 2.24) is 5.32 Å². The number of ether oxygens (including phenoxy) is 1. The van der Waals surface area contributed by atoms with Gasteiger partial charge in [-0.25, -0.2) is 0 Å². The summed E-state index contributed by atoms with van der Waals surface area (Å²) in [7, 11) is 1.61.